The van der Waals surface area contributed by atoms with Gasteiger partial charge >= 0.3 is 0 Å². The molecule has 3 rings (SSSR count). The van der Waals surface area contributed by atoms with E-state index in [2.05, 4.69) is 5.32 Å². The van der Waals surface area contributed by atoms with Crippen molar-refractivity contribution in [1.29, 1.82) is 0 Å². The fourth-order valence-electron chi connectivity index (χ4n) is 2.04. The van der Waals surface area contributed by atoms with Crippen LogP contribution in [0.15, 0.2) is 59.0 Å². The third-order valence-electron chi connectivity index (χ3n) is 3.06. The van der Waals surface area contributed by atoms with Gasteiger partial charge in [-0.1, -0.05) is 30.3 Å². The molecule has 2 aromatic carbocycles. The van der Waals surface area contributed by atoms with Crippen LogP contribution in [0.3, 0.4) is 0 Å². The molecule has 3 aromatic rings. The maximum absolute atomic E-state index is 12.0. The van der Waals surface area contributed by atoms with Gasteiger partial charge in [0.1, 0.15) is 5.58 Å². The summed E-state index contributed by atoms with van der Waals surface area (Å²) < 4.78 is 5.51. The summed E-state index contributed by atoms with van der Waals surface area (Å²) in [6.07, 6.45) is 0. The van der Waals surface area contributed by atoms with Crippen LogP contribution in [-0.4, -0.2) is 5.91 Å². The number of nitrogens with one attached hydrogen (secondary N) is 1. The van der Waals surface area contributed by atoms with Gasteiger partial charge < -0.3 is 15.5 Å². The van der Waals surface area contributed by atoms with Gasteiger partial charge in [0.25, 0.3) is 5.91 Å². The number of anilines is 1. The molecule has 0 unspecified atom stereocenters. The van der Waals surface area contributed by atoms with Crippen molar-refractivity contribution in [2.45, 2.75) is 6.54 Å². The predicted molar refractivity (Wildman–Crippen MR) is 78.2 cm³/mol. The van der Waals surface area contributed by atoms with Crippen LogP contribution < -0.4 is 11.1 Å². The SMILES string of the molecule is Nc1ccc2oc(C(=O)NCc3ccccc3)cc2c1. The van der Waals surface area contributed by atoms with E-state index in [1.807, 2.05) is 30.3 Å². The second-order valence-electron chi connectivity index (χ2n) is 4.58. The summed E-state index contributed by atoms with van der Waals surface area (Å²) in [4.78, 5) is 12.0. The van der Waals surface area contributed by atoms with E-state index < -0.39 is 0 Å². The number of benzene rings is 2. The first-order chi connectivity index (χ1) is 9.72. The number of hydrogen-bond acceptors (Lipinski definition) is 3. The van der Waals surface area contributed by atoms with Gasteiger partial charge in [0.05, 0.1) is 0 Å². The van der Waals surface area contributed by atoms with E-state index in [0.29, 0.717) is 23.6 Å². The summed E-state index contributed by atoms with van der Waals surface area (Å²) >= 11 is 0. The minimum absolute atomic E-state index is 0.233. The summed E-state index contributed by atoms with van der Waals surface area (Å²) in [6, 6.07) is 16.7. The second kappa shape index (κ2) is 5.09. The Bertz CT molecular complexity index is 748. The molecule has 1 aromatic heterocycles. The number of hydrogen-bond donors (Lipinski definition) is 2. The van der Waals surface area contributed by atoms with Crippen LogP contribution in [0.4, 0.5) is 5.69 Å². The van der Waals surface area contributed by atoms with Crippen molar-refractivity contribution in [3.05, 3.63) is 65.9 Å². The molecule has 1 amide bonds. The van der Waals surface area contributed by atoms with Crippen LogP contribution in [-0.2, 0) is 6.54 Å². The molecule has 4 heteroatoms. The normalized spacial score (nSPS) is 10.6. The molecular weight excluding hydrogens is 252 g/mol. The van der Waals surface area contributed by atoms with E-state index in [1.165, 1.54) is 0 Å². The Labute approximate surface area is 116 Å². The first-order valence-corrected chi connectivity index (χ1v) is 6.33. The molecule has 0 saturated carbocycles. The van der Waals surface area contributed by atoms with Gasteiger partial charge in [-0.05, 0) is 29.8 Å². The van der Waals surface area contributed by atoms with Gasteiger partial charge in [-0.25, -0.2) is 0 Å². The molecule has 20 heavy (non-hydrogen) atoms. The Hall–Kier alpha value is -2.75. The summed E-state index contributed by atoms with van der Waals surface area (Å²) in [6.45, 7) is 0.471. The minimum atomic E-state index is -0.233. The first-order valence-electron chi connectivity index (χ1n) is 6.33. The number of fused-ring (bicyclic) bond motifs is 1. The second-order valence-corrected chi connectivity index (χ2v) is 4.58. The van der Waals surface area contributed by atoms with E-state index in [4.69, 9.17) is 10.2 Å². The van der Waals surface area contributed by atoms with Crippen molar-refractivity contribution < 1.29 is 9.21 Å². The molecule has 0 atom stereocenters. The Morgan fingerprint density at radius 1 is 1.10 bits per heavy atom. The molecule has 100 valence electrons. The Morgan fingerprint density at radius 2 is 1.90 bits per heavy atom. The molecule has 0 aliphatic rings. The van der Waals surface area contributed by atoms with Gasteiger partial charge in [-0.3, -0.25) is 4.79 Å². The lowest BCUT2D eigenvalue weighted by Crippen LogP contribution is -2.22. The molecule has 4 nitrogen and oxygen atoms in total. The van der Waals surface area contributed by atoms with Crippen molar-refractivity contribution in [3.63, 3.8) is 0 Å². The molecular formula is C16H14N2O2. The summed E-state index contributed by atoms with van der Waals surface area (Å²) in [7, 11) is 0. The minimum Gasteiger partial charge on any atom is -0.451 e. The molecule has 0 aliphatic carbocycles. The van der Waals surface area contributed by atoms with Crippen LogP contribution in [0.5, 0.6) is 0 Å². The number of rotatable bonds is 3. The topological polar surface area (TPSA) is 68.3 Å². The monoisotopic (exact) mass is 266 g/mol. The van der Waals surface area contributed by atoms with Crippen molar-refractivity contribution in [2.75, 3.05) is 5.73 Å². The van der Waals surface area contributed by atoms with Crippen LogP contribution in [0.25, 0.3) is 11.0 Å². The molecule has 0 fully saturated rings. The zero-order valence-electron chi connectivity index (χ0n) is 10.8. The number of amides is 1. The van der Waals surface area contributed by atoms with E-state index in [0.717, 1.165) is 10.9 Å². The Kier molecular flexibility index (Phi) is 3.13. The summed E-state index contributed by atoms with van der Waals surface area (Å²) in [5, 5.41) is 3.66. The quantitative estimate of drug-likeness (QED) is 0.716. The Balaban J connectivity index is 1.75. The Morgan fingerprint density at radius 3 is 2.70 bits per heavy atom. The van der Waals surface area contributed by atoms with Gasteiger partial charge in [0.15, 0.2) is 5.76 Å². The zero-order valence-corrected chi connectivity index (χ0v) is 10.8. The number of nitrogens with two attached hydrogens (primary N) is 1. The average Bonchev–Trinajstić information content (AvgIpc) is 2.89. The summed E-state index contributed by atoms with van der Waals surface area (Å²) in [5.74, 6) is 0.0603. The molecule has 0 saturated heterocycles. The average molecular weight is 266 g/mol. The lowest BCUT2D eigenvalue weighted by atomic mass is 10.2. The third kappa shape index (κ3) is 2.49. The molecule has 0 aliphatic heterocycles. The lowest BCUT2D eigenvalue weighted by molar-refractivity contribution is 0.0925. The highest BCUT2D eigenvalue weighted by Gasteiger charge is 2.11. The van der Waals surface area contributed by atoms with Crippen LogP contribution in [0.2, 0.25) is 0 Å². The van der Waals surface area contributed by atoms with E-state index >= 15 is 0 Å². The number of furan rings is 1. The van der Waals surface area contributed by atoms with E-state index in [9.17, 15) is 4.79 Å². The van der Waals surface area contributed by atoms with Gasteiger partial charge in [0, 0.05) is 17.6 Å². The molecule has 3 N–H and O–H groups in total. The molecule has 0 radical (unpaired) electrons. The fourth-order valence-corrected chi connectivity index (χ4v) is 2.04. The largest absolute Gasteiger partial charge is 0.451 e. The number of nitrogen functional groups attached to an aromatic ring is 1. The third-order valence-corrected chi connectivity index (χ3v) is 3.06. The predicted octanol–water partition coefficient (Wildman–Crippen LogP) is 2.95. The lowest BCUT2D eigenvalue weighted by Gasteiger charge is -2.02. The van der Waals surface area contributed by atoms with Crippen LogP contribution in [0.1, 0.15) is 16.1 Å². The highest BCUT2D eigenvalue weighted by molar-refractivity contribution is 5.96. The molecule has 0 bridgehead atoms. The van der Waals surface area contributed by atoms with E-state index in [1.54, 1.807) is 24.3 Å². The highest BCUT2D eigenvalue weighted by Crippen LogP contribution is 2.21. The fraction of sp³-hybridized carbons (Fsp3) is 0.0625. The van der Waals surface area contributed by atoms with Gasteiger partial charge in [0.2, 0.25) is 0 Å². The molecule has 1 heterocycles. The van der Waals surface area contributed by atoms with Crippen molar-refractivity contribution >= 4 is 22.6 Å². The van der Waals surface area contributed by atoms with Crippen LogP contribution in [0, 0.1) is 0 Å². The van der Waals surface area contributed by atoms with Gasteiger partial charge in [-0.15, -0.1) is 0 Å². The maximum Gasteiger partial charge on any atom is 0.287 e. The smallest absolute Gasteiger partial charge is 0.287 e. The van der Waals surface area contributed by atoms with Gasteiger partial charge in [-0.2, -0.15) is 0 Å². The highest BCUT2D eigenvalue weighted by atomic mass is 16.3. The standard InChI is InChI=1S/C16H14N2O2/c17-13-6-7-14-12(8-13)9-15(20-14)16(19)18-10-11-4-2-1-3-5-11/h1-9H,10,17H2,(H,18,19). The first kappa shape index (κ1) is 12.3. The van der Waals surface area contributed by atoms with Crippen molar-refractivity contribution in [3.8, 4) is 0 Å². The van der Waals surface area contributed by atoms with E-state index in [-0.39, 0.29) is 5.91 Å². The van der Waals surface area contributed by atoms with Crippen molar-refractivity contribution in [2.24, 2.45) is 0 Å². The zero-order chi connectivity index (χ0) is 13.9. The maximum atomic E-state index is 12.0. The number of carbonyl (C=O) groups is 1. The van der Waals surface area contributed by atoms with Crippen LogP contribution >= 0.6 is 0 Å². The summed E-state index contributed by atoms with van der Waals surface area (Å²) in [5.41, 5.74) is 8.05. The van der Waals surface area contributed by atoms with Crippen molar-refractivity contribution in [1.82, 2.24) is 5.32 Å². The molecule has 0 spiro atoms. The number of carbonyl (C=O) groups excluding carboxylic acids is 1.